The number of carbonyl (C=O) groups excluding carboxylic acids is 1. The highest BCUT2D eigenvalue weighted by molar-refractivity contribution is 5.90. The monoisotopic (exact) mass is 445 g/mol. The number of likely N-dealkylation sites (tertiary alicyclic amines) is 1. The molecule has 2 atom stereocenters. The van der Waals surface area contributed by atoms with Crippen molar-refractivity contribution in [1.82, 2.24) is 10.2 Å². The van der Waals surface area contributed by atoms with E-state index >= 15 is 0 Å². The smallest absolute Gasteiger partial charge is 0.224 e. The van der Waals surface area contributed by atoms with Crippen molar-refractivity contribution in [1.29, 1.82) is 0 Å². The van der Waals surface area contributed by atoms with Crippen molar-refractivity contribution < 1.29 is 9.90 Å². The van der Waals surface area contributed by atoms with Crippen LogP contribution in [0.2, 0.25) is 0 Å². The molecular formula is C22H37Cl2N3O2. The summed E-state index contributed by atoms with van der Waals surface area (Å²) in [6.07, 6.45) is 5.17. The zero-order valence-electron chi connectivity index (χ0n) is 17.4. The highest BCUT2D eigenvalue weighted by Crippen LogP contribution is 2.24. The number of aliphatic hydroxyl groups is 1. The number of hydrogen-bond donors (Lipinski definition) is 3. The molecule has 2 fully saturated rings. The fraction of sp³-hybridized carbons (Fsp3) is 0.682. The van der Waals surface area contributed by atoms with E-state index in [0.29, 0.717) is 30.8 Å². The fourth-order valence-corrected chi connectivity index (χ4v) is 4.37. The number of nitrogens with zero attached hydrogens (tertiary/aromatic N) is 1. The van der Waals surface area contributed by atoms with Crippen LogP contribution >= 0.6 is 24.8 Å². The van der Waals surface area contributed by atoms with Gasteiger partial charge in [-0.3, -0.25) is 9.69 Å². The molecule has 1 aromatic rings. The maximum atomic E-state index is 12.5. The van der Waals surface area contributed by atoms with Crippen molar-refractivity contribution >= 4 is 36.4 Å². The van der Waals surface area contributed by atoms with Gasteiger partial charge in [0.25, 0.3) is 0 Å². The molecule has 0 aliphatic carbocycles. The predicted molar refractivity (Wildman–Crippen MR) is 124 cm³/mol. The molecule has 2 saturated heterocycles. The van der Waals surface area contributed by atoms with Crippen LogP contribution in [0, 0.1) is 17.8 Å². The third kappa shape index (κ3) is 8.42. The summed E-state index contributed by atoms with van der Waals surface area (Å²) >= 11 is 0. The molecule has 2 aliphatic heterocycles. The standard InChI is InChI=1S/C22H35N3O2.2ClH/c1-17(20-5-3-9-23-14-20)12-22(27)24-21-6-2-4-19(13-21)15-25-10-7-18(16-26)8-11-25;;/h2,4,6,13,17-18,20,23,26H,3,5,7-12,14-16H2,1H3,(H,24,27);2*1H. The zero-order chi connectivity index (χ0) is 19.1. The van der Waals surface area contributed by atoms with E-state index in [1.807, 2.05) is 12.1 Å². The van der Waals surface area contributed by atoms with Crippen LogP contribution in [0.5, 0.6) is 0 Å². The van der Waals surface area contributed by atoms with Crippen molar-refractivity contribution in [3.05, 3.63) is 29.8 Å². The minimum absolute atomic E-state index is 0. The maximum Gasteiger partial charge on any atom is 0.224 e. The van der Waals surface area contributed by atoms with Crippen LogP contribution in [0.3, 0.4) is 0 Å². The van der Waals surface area contributed by atoms with Gasteiger partial charge in [0, 0.05) is 25.3 Å². The maximum absolute atomic E-state index is 12.5. The molecule has 0 spiro atoms. The average molecular weight is 446 g/mol. The Hall–Kier alpha value is -0.850. The fourth-order valence-electron chi connectivity index (χ4n) is 4.37. The Morgan fingerprint density at radius 3 is 2.69 bits per heavy atom. The molecule has 7 heteroatoms. The first-order valence-electron chi connectivity index (χ1n) is 10.6. The number of carbonyl (C=O) groups is 1. The number of piperidine rings is 2. The van der Waals surface area contributed by atoms with E-state index in [2.05, 4.69) is 34.6 Å². The van der Waals surface area contributed by atoms with E-state index in [0.717, 1.165) is 51.3 Å². The third-order valence-electron chi connectivity index (χ3n) is 6.23. The lowest BCUT2D eigenvalue weighted by atomic mass is 9.85. The Morgan fingerprint density at radius 2 is 2.03 bits per heavy atom. The predicted octanol–water partition coefficient (Wildman–Crippen LogP) is 3.70. The number of anilines is 1. The summed E-state index contributed by atoms with van der Waals surface area (Å²) in [4.78, 5) is 14.9. The second-order valence-electron chi connectivity index (χ2n) is 8.44. The van der Waals surface area contributed by atoms with Crippen LogP contribution in [0.15, 0.2) is 24.3 Å². The Morgan fingerprint density at radius 1 is 1.28 bits per heavy atom. The van der Waals surface area contributed by atoms with E-state index in [1.165, 1.54) is 18.4 Å². The van der Waals surface area contributed by atoms with Gasteiger partial charge in [-0.15, -0.1) is 24.8 Å². The number of hydrogen-bond acceptors (Lipinski definition) is 4. The summed E-state index contributed by atoms with van der Waals surface area (Å²) in [5.74, 6) is 1.61. The quantitative estimate of drug-likeness (QED) is 0.598. The molecule has 0 bridgehead atoms. The minimum Gasteiger partial charge on any atom is -0.396 e. The first-order chi connectivity index (χ1) is 13.1. The summed E-state index contributed by atoms with van der Waals surface area (Å²) in [6.45, 7) is 7.64. The molecule has 1 aromatic carbocycles. The summed E-state index contributed by atoms with van der Waals surface area (Å²) in [5.41, 5.74) is 2.14. The van der Waals surface area contributed by atoms with Gasteiger partial charge in [-0.25, -0.2) is 0 Å². The van der Waals surface area contributed by atoms with Crippen LogP contribution in [-0.2, 0) is 11.3 Å². The van der Waals surface area contributed by atoms with Gasteiger partial charge in [-0.1, -0.05) is 19.1 Å². The van der Waals surface area contributed by atoms with Gasteiger partial charge in [-0.05, 0) is 87.3 Å². The molecule has 3 rings (SSSR count). The van der Waals surface area contributed by atoms with E-state index in [4.69, 9.17) is 0 Å². The van der Waals surface area contributed by atoms with Crippen molar-refractivity contribution in [3.8, 4) is 0 Å². The van der Waals surface area contributed by atoms with Gasteiger partial charge in [0.2, 0.25) is 5.91 Å². The molecule has 0 saturated carbocycles. The molecule has 3 N–H and O–H groups in total. The lowest BCUT2D eigenvalue weighted by Gasteiger charge is -2.31. The Balaban J connectivity index is 0.00000210. The summed E-state index contributed by atoms with van der Waals surface area (Å²) in [6, 6.07) is 8.24. The average Bonchev–Trinajstić information content (AvgIpc) is 2.69. The number of aliphatic hydroxyl groups excluding tert-OH is 1. The van der Waals surface area contributed by atoms with Crippen molar-refractivity contribution in [3.63, 3.8) is 0 Å². The van der Waals surface area contributed by atoms with Crippen LogP contribution in [0.4, 0.5) is 5.69 Å². The lowest BCUT2D eigenvalue weighted by Crippen LogP contribution is -2.34. The number of nitrogens with one attached hydrogen (secondary N) is 2. The number of rotatable bonds is 7. The highest BCUT2D eigenvalue weighted by Gasteiger charge is 2.22. The Kier molecular flexibility index (Phi) is 12.1. The van der Waals surface area contributed by atoms with E-state index < -0.39 is 0 Å². The molecule has 5 nitrogen and oxygen atoms in total. The van der Waals surface area contributed by atoms with Crippen LogP contribution < -0.4 is 10.6 Å². The van der Waals surface area contributed by atoms with Crippen molar-refractivity contribution in [2.75, 3.05) is 38.1 Å². The zero-order valence-corrected chi connectivity index (χ0v) is 19.1. The normalized spacial score (nSPS) is 21.5. The molecule has 166 valence electrons. The second-order valence-corrected chi connectivity index (χ2v) is 8.44. The van der Waals surface area contributed by atoms with Crippen LogP contribution in [0.25, 0.3) is 0 Å². The lowest BCUT2D eigenvalue weighted by molar-refractivity contribution is -0.117. The van der Waals surface area contributed by atoms with E-state index in [-0.39, 0.29) is 30.7 Å². The van der Waals surface area contributed by atoms with Crippen molar-refractivity contribution in [2.24, 2.45) is 17.8 Å². The number of halogens is 2. The molecule has 2 aliphatic rings. The molecule has 0 radical (unpaired) electrons. The highest BCUT2D eigenvalue weighted by atomic mass is 35.5. The SMILES string of the molecule is CC(CC(=O)Nc1cccc(CN2CCC(CO)CC2)c1)C1CCCNC1.Cl.Cl. The summed E-state index contributed by atoms with van der Waals surface area (Å²) in [7, 11) is 0. The molecule has 2 unspecified atom stereocenters. The van der Waals surface area contributed by atoms with E-state index in [1.54, 1.807) is 0 Å². The van der Waals surface area contributed by atoms with E-state index in [9.17, 15) is 9.90 Å². The molecule has 1 amide bonds. The van der Waals surface area contributed by atoms with Gasteiger partial charge in [-0.2, -0.15) is 0 Å². The first-order valence-corrected chi connectivity index (χ1v) is 10.6. The largest absolute Gasteiger partial charge is 0.396 e. The Bertz CT molecular complexity index is 603. The van der Waals surface area contributed by atoms with Crippen LogP contribution in [0.1, 0.15) is 44.6 Å². The minimum atomic E-state index is 0. The van der Waals surface area contributed by atoms with Gasteiger partial charge >= 0.3 is 0 Å². The number of amides is 1. The van der Waals surface area contributed by atoms with Crippen LogP contribution in [-0.4, -0.2) is 48.7 Å². The summed E-state index contributed by atoms with van der Waals surface area (Å²) < 4.78 is 0. The van der Waals surface area contributed by atoms with Gasteiger partial charge in [0.15, 0.2) is 0 Å². The molecule has 29 heavy (non-hydrogen) atoms. The Labute approximate surface area is 187 Å². The molecule has 2 heterocycles. The summed E-state index contributed by atoms with van der Waals surface area (Å²) in [5, 5.41) is 15.8. The number of benzene rings is 1. The first kappa shape index (κ1) is 26.2. The van der Waals surface area contributed by atoms with Gasteiger partial charge < -0.3 is 15.7 Å². The molecular weight excluding hydrogens is 409 g/mol. The topological polar surface area (TPSA) is 64.6 Å². The van der Waals surface area contributed by atoms with Gasteiger partial charge in [0.1, 0.15) is 0 Å². The third-order valence-corrected chi connectivity index (χ3v) is 6.23. The van der Waals surface area contributed by atoms with Gasteiger partial charge in [0.05, 0.1) is 0 Å². The second kappa shape index (κ2) is 13.5. The van der Waals surface area contributed by atoms with Crippen molar-refractivity contribution in [2.45, 2.75) is 45.6 Å². The molecule has 0 aromatic heterocycles.